The van der Waals surface area contributed by atoms with Crippen molar-refractivity contribution in [2.75, 3.05) is 7.11 Å². The molecule has 2 aromatic rings. The average molecular weight is 383 g/mol. The highest BCUT2D eigenvalue weighted by Gasteiger charge is 2.09. The summed E-state index contributed by atoms with van der Waals surface area (Å²) in [7, 11) is 1.58. The molecular weight excluding hydrogens is 369 g/mol. The second-order valence-electron chi connectivity index (χ2n) is 4.04. The molecule has 1 N–H and O–H groups in total. The maximum atomic E-state index is 8.62. The first kappa shape index (κ1) is 14.6. The fourth-order valence-electron chi connectivity index (χ4n) is 1.72. The first-order valence-electron chi connectivity index (χ1n) is 5.96. The number of ether oxygens (including phenoxy) is 2. The molecule has 0 atom stereocenters. The standard InChI is InChI=1S/C15H14INO3/c1-19-14-7-12(9-17-18)13(16)8-15(14)20-10-11-5-3-2-4-6-11/h2-9,18H,10H2,1H3/b17-9+. The number of hydrogen-bond acceptors (Lipinski definition) is 4. The summed E-state index contributed by atoms with van der Waals surface area (Å²) in [4.78, 5) is 0. The minimum Gasteiger partial charge on any atom is -0.493 e. The van der Waals surface area contributed by atoms with Gasteiger partial charge in [-0.25, -0.2) is 0 Å². The summed E-state index contributed by atoms with van der Waals surface area (Å²) in [5.41, 5.74) is 1.86. The van der Waals surface area contributed by atoms with E-state index in [0.717, 1.165) is 14.7 Å². The minimum absolute atomic E-state index is 0.473. The van der Waals surface area contributed by atoms with E-state index < -0.39 is 0 Å². The molecule has 0 aliphatic carbocycles. The smallest absolute Gasteiger partial charge is 0.162 e. The summed E-state index contributed by atoms with van der Waals surface area (Å²) in [6.45, 7) is 0.473. The Hall–Kier alpha value is -1.76. The zero-order valence-electron chi connectivity index (χ0n) is 10.9. The van der Waals surface area contributed by atoms with Gasteiger partial charge in [0.1, 0.15) is 6.61 Å². The fraction of sp³-hybridized carbons (Fsp3) is 0.133. The molecule has 0 radical (unpaired) electrons. The third-order valence-corrected chi connectivity index (χ3v) is 3.65. The zero-order valence-corrected chi connectivity index (χ0v) is 13.1. The molecule has 0 aliphatic rings. The molecule has 104 valence electrons. The van der Waals surface area contributed by atoms with Gasteiger partial charge in [-0.1, -0.05) is 35.5 Å². The molecule has 0 unspecified atom stereocenters. The van der Waals surface area contributed by atoms with Gasteiger partial charge in [-0.3, -0.25) is 0 Å². The molecule has 0 aliphatic heterocycles. The van der Waals surface area contributed by atoms with Crippen LogP contribution in [-0.4, -0.2) is 18.5 Å². The number of benzene rings is 2. The predicted molar refractivity (Wildman–Crippen MR) is 85.9 cm³/mol. The van der Waals surface area contributed by atoms with E-state index >= 15 is 0 Å². The fourth-order valence-corrected chi connectivity index (χ4v) is 2.30. The second-order valence-corrected chi connectivity index (χ2v) is 5.21. The molecule has 5 heteroatoms. The highest BCUT2D eigenvalue weighted by atomic mass is 127. The van der Waals surface area contributed by atoms with Gasteiger partial charge < -0.3 is 14.7 Å². The van der Waals surface area contributed by atoms with E-state index in [1.807, 2.05) is 36.4 Å². The van der Waals surface area contributed by atoms with Gasteiger partial charge >= 0.3 is 0 Å². The van der Waals surface area contributed by atoms with Crippen LogP contribution in [0.25, 0.3) is 0 Å². The van der Waals surface area contributed by atoms with Crippen molar-refractivity contribution in [2.24, 2.45) is 5.16 Å². The van der Waals surface area contributed by atoms with Crippen LogP contribution in [-0.2, 0) is 6.61 Å². The van der Waals surface area contributed by atoms with Crippen LogP contribution in [0.1, 0.15) is 11.1 Å². The lowest BCUT2D eigenvalue weighted by atomic mass is 10.2. The quantitative estimate of drug-likeness (QED) is 0.371. The third kappa shape index (κ3) is 3.63. The number of rotatable bonds is 5. The van der Waals surface area contributed by atoms with Crippen LogP contribution >= 0.6 is 22.6 Å². The van der Waals surface area contributed by atoms with Gasteiger partial charge in [0.15, 0.2) is 11.5 Å². The van der Waals surface area contributed by atoms with Crippen molar-refractivity contribution in [1.82, 2.24) is 0 Å². The summed E-state index contributed by atoms with van der Waals surface area (Å²) in [6.07, 6.45) is 1.37. The van der Waals surface area contributed by atoms with Crippen molar-refractivity contribution < 1.29 is 14.7 Å². The van der Waals surface area contributed by atoms with Crippen LogP contribution in [0.3, 0.4) is 0 Å². The van der Waals surface area contributed by atoms with E-state index in [2.05, 4.69) is 27.7 Å². The molecule has 0 saturated carbocycles. The van der Waals surface area contributed by atoms with E-state index in [1.165, 1.54) is 6.21 Å². The van der Waals surface area contributed by atoms with E-state index in [0.29, 0.717) is 18.1 Å². The normalized spacial score (nSPS) is 10.7. The summed E-state index contributed by atoms with van der Waals surface area (Å²) in [5.74, 6) is 1.27. The molecule has 0 bridgehead atoms. The molecule has 0 aromatic heterocycles. The van der Waals surface area contributed by atoms with Gasteiger partial charge in [0.25, 0.3) is 0 Å². The molecule has 0 spiro atoms. The summed E-state index contributed by atoms with van der Waals surface area (Å²) in [6, 6.07) is 13.6. The maximum Gasteiger partial charge on any atom is 0.162 e. The lowest BCUT2D eigenvalue weighted by Crippen LogP contribution is -1.99. The molecule has 2 rings (SSSR count). The second kappa shape index (κ2) is 7.14. The van der Waals surface area contributed by atoms with Crippen molar-refractivity contribution in [3.63, 3.8) is 0 Å². The Balaban J connectivity index is 2.21. The van der Waals surface area contributed by atoms with E-state index in [1.54, 1.807) is 13.2 Å². The molecule has 0 heterocycles. The molecular formula is C15H14INO3. The number of nitrogens with zero attached hydrogens (tertiary/aromatic N) is 1. The topological polar surface area (TPSA) is 51.0 Å². The number of halogens is 1. The Morgan fingerprint density at radius 3 is 2.60 bits per heavy atom. The molecule has 20 heavy (non-hydrogen) atoms. The van der Waals surface area contributed by atoms with E-state index in [9.17, 15) is 0 Å². The first-order valence-corrected chi connectivity index (χ1v) is 7.04. The Morgan fingerprint density at radius 2 is 1.95 bits per heavy atom. The number of hydrogen-bond donors (Lipinski definition) is 1. The van der Waals surface area contributed by atoms with Crippen molar-refractivity contribution >= 4 is 28.8 Å². The van der Waals surface area contributed by atoms with Gasteiger partial charge in [-0.15, -0.1) is 0 Å². The highest BCUT2D eigenvalue weighted by molar-refractivity contribution is 14.1. The highest BCUT2D eigenvalue weighted by Crippen LogP contribution is 2.31. The third-order valence-electron chi connectivity index (χ3n) is 2.72. The van der Waals surface area contributed by atoms with Crippen molar-refractivity contribution in [3.05, 3.63) is 57.2 Å². The van der Waals surface area contributed by atoms with Crippen molar-refractivity contribution in [2.45, 2.75) is 6.61 Å². The van der Waals surface area contributed by atoms with E-state index in [-0.39, 0.29) is 0 Å². The van der Waals surface area contributed by atoms with Crippen molar-refractivity contribution in [1.29, 1.82) is 0 Å². The first-order chi connectivity index (χ1) is 9.74. The number of methoxy groups -OCH3 is 1. The Morgan fingerprint density at radius 1 is 1.20 bits per heavy atom. The van der Waals surface area contributed by atoms with Crippen LogP contribution in [0.5, 0.6) is 11.5 Å². The minimum atomic E-state index is 0.473. The van der Waals surface area contributed by atoms with Gasteiger partial charge in [-0.2, -0.15) is 0 Å². The predicted octanol–water partition coefficient (Wildman–Crippen LogP) is 3.69. The summed E-state index contributed by atoms with van der Waals surface area (Å²) >= 11 is 2.16. The van der Waals surface area contributed by atoms with Gasteiger partial charge in [0, 0.05) is 9.13 Å². The lowest BCUT2D eigenvalue weighted by Gasteiger charge is -2.12. The summed E-state index contributed by atoms with van der Waals surface area (Å²) in [5, 5.41) is 11.7. The monoisotopic (exact) mass is 383 g/mol. The molecule has 2 aromatic carbocycles. The van der Waals surface area contributed by atoms with Crippen LogP contribution in [0.15, 0.2) is 47.6 Å². The Labute approximate surface area is 131 Å². The van der Waals surface area contributed by atoms with Crippen LogP contribution in [0.2, 0.25) is 0 Å². The average Bonchev–Trinajstić information content (AvgIpc) is 2.48. The maximum absolute atomic E-state index is 8.62. The van der Waals surface area contributed by atoms with Gasteiger partial charge in [0.2, 0.25) is 0 Å². The van der Waals surface area contributed by atoms with E-state index in [4.69, 9.17) is 14.7 Å². The molecule has 0 fully saturated rings. The Kier molecular flexibility index (Phi) is 5.23. The van der Waals surface area contributed by atoms with Crippen LogP contribution in [0.4, 0.5) is 0 Å². The SMILES string of the molecule is COc1cc(/C=N/O)c(I)cc1OCc1ccccc1. The molecule has 0 amide bonds. The Bertz CT molecular complexity index is 600. The molecule has 4 nitrogen and oxygen atoms in total. The lowest BCUT2D eigenvalue weighted by molar-refractivity contribution is 0.284. The number of oxime groups is 1. The van der Waals surface area contributed by atoms with Crippen LogP contribution in [0, 0.1) is 3.57 Å². The summed E-state index contributed by atoms with van der Waals surface area (Å²) < 4.78 is 12.0. The van der Waals surface area contributed by atoms with Crippen molar-refractivity contribution in [3.8, 4) is 11.5 Å². The molecule has 0 saturated heterocycles. The van der Waals surface area contributed by atoms with Crippen LogP contribution < -0.4 is 9.47 Å². The van der Waals surface area contributed by atoms with Gasteiger partial charge in [0.05, 0.1) is 13.3 Å². The van der Waals surface area contributed by atoms with Gasteiger partial charge in [-0.05, 0) is 40.3 Å². The largest absolute Gasteiger partial charge is 0.493 e. The zero-order chi connectivity index (χ0) is 14.4.